The zero-order chi connectivity index (χ0) is 23.4. The van der Waals surface area contributed by atoms with Crippen LogP contribution in [0.4, 0.5) is 16.0 Å². The van der Waals surface area contributed by atoms with Crippen LogP contribution in [0.1, 0.15) is 39.5 Å². The number of nitrogens with one attached hydrogen (secondary N) is 3. The first-order valence-corrected chi connectivity index (χ1v) is 11.9. The van der Waals surface area contributed by atoms with Crippen molar-refractivity contribution in [3.05, 3.63) is 35.2 Å². The van der Waals surface area contributed by atoms with Gasteiger partial charge in [-0.25, -0.2) is 14.4 Å². The van der Waals surface area contributed by atoms with Crippen LogP contribution in [-0.2, 0) is 9.53 Å². The molecule has 2 fully saturated rings. The van der Waals surface area contributed by atoms with Crippen LogP contribution in [0, 0.1) is 17.7 Å². The maximum Gasteiger partial charge on any atom is 0.229 e. The number of nitrogens with zero attached hydrogens (tertiary/aromatic N) is 2. The second kappa shape index (κ2) is 10.3. The van der Waals surface area contributed by atoms with Crippen LogP contribution in [-0.4, -0.2) is 47.7 Å². The molecular formula is C24H31ClFN5O2. The highest BCUT2D eigenvalue weighted by molar-refractivity contribution is 6.33. The number of hydrogen-bond acceptors (Lipinski definition) is 6. The molecule has 7 nitrogen and oxygen atoms in total. The van der Waals surface area contributed by atoms with E-state index in [0.29, 0.717) is 47.7 Å². The van der Waals surface area contributed by atoms with Crippen LogP contribution in [0.25, 0.3) is 11.3 Å². The molecule has 0 saturated carbocycles. The molecule has 2 saturated heterocycles. The van der Waals surface area contributed by atoms with E-state index in [2.05, 4.69) is 39.8 Å². The van der Waals surface area contributed by atoms with E-state index in [1.54, 1.807) is 12.1 Å². The van der Waals surface area contributed by atoms with Crippen molar-refractivity contribution in [3.63, 3.8) is 0 Å². The van der Waals surface area contributed by atoms with Gasteiger partial charge in [-0.05, 0) is 70.2 Å². The second-order valence-corrected chi connectivity index (χ2v) is 9.86. The zero-order valence-corrected chi connectivity index (χ0v) is 19.8. The molecule has 4 heterocycles. The number of anilines is 2. The molecule has 33 heavy (non-hydrogen) atoms. The highest BCUT2D eigenvalue weighted by Gasteiger charge is 2.29. The highest BCUT2D eigenvalue weighted by Crippen LogP contribution is 2.31. The van der Waals surface area contributed by atoms with Crippen molar-refractivity contribution >= 4 is 29.1 Å². The van der Waals surface area contributed by atoms with Crippen LogP contribution in [0.15, 0.2) is 24.4 Å². The molecule has 1 unspecified atom stereocenters. The molecule has 2 aliphatic heterocycles. The number of piperidine rings is 1. The summed E-state index contributed by atoms with van der Waals surface area (Å²) < 4.78 is 20.3. The van der Waals surface area contributed by atoms with Gasteiger partial charge in [0.05, 0.1) is 22.2 Å². The lowest BCUT2D eigenvalue weighted by atomic mass is 9.88. The number of carbonyl (C=O) groups excluding carboxylic acids is 1. The standard InChI is InChI=1S/C24H31ClFN5O2/c1-24(2)11-15(7-9-33-24)12-29-22-19(26)5-6-20(30-22)17-10-21(28-14-18(17)25)31-23(32)16-4-3-8-27-13-16/h5-6,10,14-16,27H,3-4,7-9,11-13H2,1-2H3,(H,29,30)(H,28,31,32)/t15-,16?/m0/s1. The summed E-state index contributed by atoms with van der Waals surface area (Å²) in [7, 11) is 0. The van der Waals surface area contributed by atoms with Gasteiger partial charge in [0.2, 0.25) is 5.91 Å². The monoisotopic (exact) mass is 475 g/mol. The number of rotatable bonds is 6. The van der Waals surface area contributed by atoms with E-state index in [4.69, 9.17) is 16.3 Å². The fourth-order valence-electron chi connectivity index (χ4n) is 4.50. The van der Waals surface area contributed by atoms with Crippen LogP contribution in [0.5, 0.6) is 0 Å². The Hall–Kier alpha value is -2.29. The Morgan fingerprint density at radius 2 is 2.21 bits per heavy atom. The van der Waals surface area contributed by atoms with Crippen LogP contribution >= 0.6 is 11.6 Å². The average Bonchev–Trinajstić information content (AvgIpc) is 2.80. The van der Waals surface area contributed by atoms with Crippen LogP contribution in [0.2, 0.25) is 5.02 Å². The summed E-state index contributed by atoms with van der Waals surface area (Å²) in [6.07, 6.45) is 5.12. The first-order chi connectivity index (χ1) is 15.8. The normalized spacial score (nSPS) is 22.5. The first-order valence-electron chi connectivity index (χ1n) is 11.5. The smallest absolute Gasteiger partial charge is 0.229 e. The van der Waals surface area contributed by atoms with Gasteiger partial charge in [0.1, 0.15) is 5.82 Å². The summed E-state index contributed by atoms with van der Waals surface area (Å²) in [5.74, 6) is 0.373. The maximum absolute atomic E-state index is 14.5. The Kier molecular flexibility index (Phi) is 7.46. The van der Waals surface area contributed by atoms with Gasteiger partial charge in [0, 0.05) is 31.5 Å². The van der Waals surface area contributed by atoms with E-state index < -0.39 is 5.82 Å². The van der Waals surface area contributed by atoms with Gasteiger partial charge in [0.25, 0.3) is 0 Å². The molecule has 0 aromatic carbocycles. The van der Waals surface area contributed by atoms with Gasteiger partial charge < -0.3 is 20.7 Å². The fraction of sp³-hybridized carbons (Fsp3) is 0.542. The SMILES string of the molecule is CC1(C)C[C@@H](CNc2nc(-c3cc(NC(=O)C4CCCNC4)ncc3Cl)ccc2F)CCO1. The molecule has 0 radical (unpaired) electrons. The summed E-state index contributed by atoms with van der Waals surface area (Å²) in [6, 6.07) is 4.64. The summed E-state index contributed by atoms with van der Waals surface area (Å²) >= 11 is 6.39. The average molecular weight is 476 g/mol. The molecule has 1 amide bonds. The molecule has 2 aromatic heterocycles. The number of ether oxygens (including phenoxy) is 1. The van der Waals surface area contributed by atoms with Crippen molar-refractivity contribution < 1.29 is 13.9 Å². The summed E-state index contributed by atoms with van der Waals surface area (Å²) in [4.78, 5) is 21.3. The topological polar surface area (TPSA) is 88.2 Å². The molecule has 0 aliphatic carbocycles. The first kappa shape index (κ1) is 23.9. The molecule has 2 aliphatic rings. The third-order valence-electron chi connectivity index (χ3n) is 6.25. The van der Waals surface area contributed by atoms with E-state index >= 15 is 0 Å². The van der Waals surface area contributed by atoms with Gasteiger partial charge in [-0.3, -0.25) is 4.79 Å². The Labute approximate surface area is 198 Å². The summed E-state index contributed by atoms with van der Waals surface area (Å²) in [6.45, 7) is 7.06. The zero-order valence-electron chi connectivity index (χ0n) is 19.1. The number of aromatic nitrogens is 2. The van der Waals surface area contributed by atoms with Gasteiger partial charge >= 0.3 is 0 Å². The molecule has 3 N–H and O–H groups in total. The number of carbonyl (C=O) groups is 1. The minimum atomic E-state index is -0.423. The summed E-state index contributed by atoms with van der Waals surface area (Å²) in [5.41, 5.74) is 0.921. The minimum Gasteiger partial charge on any atom is -0.376 e. The van der Waals surface area contributed by atoms with Crippen molar-refractivity contribution in [2.24, 2.45) is 11.8 Å². The number of pyridine rings is 2. The van der Waals surface area contributed by atoms with E-state index in [0.717, 1.165) is 32.2 Å². The lowest BCUT2D eigenvalue weighted by Gasteiger charge is -2.35. The minimum absolute atomic E-state index is 0.0724. The fourth-order valence-corrected chi connectivity index (χ4v) is 4.70. The van der Waals surface area contributed by atoms with E-state index in [9.17, 15) is 9.18 Å². The van der Waals surface area contributed by atoms with Crippen LogP contribution < -0.4 is 16.0 Å². The molecule has 2 atom stereocenters. The predicted octanol–water partition coefficient (Wildman–Crippen LogP) is 4.49. The molecule has 0 spiro atoms. The Morgan fingerprint density at radius 3 is 2.97 bits per heavy atom. The Morgan fingerprint density at radius 1 is 1.36 bits per heavy atom. The lowest BCUT2D eigenvalue weighted by Crippen LogP contribution is -2.37. The van der Waals surface area contributed by atoms with Crippen molar-refractivity contribution in [3.8, 4) is 11.3 Å². The molecule has 0 bridgehead atoms. The van der Waals surface area contributed by atoms with E-state index in [-0.39, 0.29) is 23.2 Å². The number of halogens is 2. The third-order valence-corrected chi connectivity index (χ3v) is 6.55. The van der Waals surface area contributed by atoms with E-state index in [1.807, 2.05) is 0 Å². The largest absolute Gasteiger partial charge is 0.376 e. The third kappa shape index (κ3) is 6.19. The van der Waals surface area contributed by atoms with Gasteiger partial charge in [0.15, 0.2) is 11.6 Å². The molecule has 178 valence electrons. The molecule has 4 rings (SSSR count). The molecule has 9 heteroatoms. The van der Waals surface area contributed by atoms with Gasteiger partial charge in [-0.2, -0.15) is 0 Å². The van der Waals surface area contributed by atoms with Crippen molar-refractivity contribution in [1.82, 2.24) is 15.3 Å². The Balaban J connectivity index is 1.48. The number of amides is 1. The molecule has 2 aromatic rings. The summed E-state index contributed by atoms with van der Waals surface area (Å²) in [5, 5.41) is 9.65. The van der Waals surface area contributed by atoms with Crippen LogP contribution in [0.3, 0.4) is 0 Å². The Bertz CT molecular complexity index is 997. The lowest BCUT2D eigenvalue weighted by molar-refractivity contribution is -0.120. The van der Waals surface area contributed by atoms with Gasteiger partial charge in [-0.1, -0.05) is 11.6 Å². The molecular weight excluding hydrogens is 445 g/mol. The second-order valence-electron chi connectivity index (χ2n) is 9.46. The highest BCUT2D eigenvalue weighted by atomic mass is 35.5. The van der Waals surface area contributed by atoms with Crippen molar-refractivity contribution in [1.29, 1.82) is 0 Å². The number of hydrogen-bond donors (Lipinski definition) is 3. The van der Waals surface area contributed by atoms with Crippen molar-refractivity contribution in [2.45, 2.75) is 45.1 Å². The van der Waals surface area contributed by atoms with Crippen molar-refractivity contribution in [2.75, 3.05) is 36.9 Å². The maximum atomic E-state index is 14.5. The van der Waals surface area contributed by atoms with Gasteiger partial charge in [-0.15, -0.1) is 0 Å². The van der Waals surface area contributed by atoms with E-state index in [1.165, 1.54) is 12.3 Å². The predicted molar refractivity (Wildman–Crippen MR) is 128 cm³/mol. The quantitative estimate of drug-likeness (QED) is 0.570.